The van der Waals surface area contributed by atoms with Crippen LogP contribution in [0.4, 0.5) is 14.5 Å². The number of hydrogen-bond acceptors (Lipinski definition) is 4. The first-order valence-corrected chi connectivity index (χ1v) is 10.4. The highest BCUT2D eigenvalue weighted by Gasteiger charge is 2.17. The molecule has 160 valence electrons. The topological polar surface area (TPSA) is 104 Å². The highest BCUT2D eigenvalue weighted by atomic mass is 32.2. The Morgan fingerprint density at radius 2 is 1.45 bits per heavy atom. The van der Waals surface area contributed by atoms with Gasteiger partial charge in [0, 0.05) is 5.56 Å². The van der Waals surface area contributed by atoms with E-state index in [9.17, 15) is 26.8 Å². The summed E-state index contributed by atoms with van der Waals surface area (Å²) in [6, 6.07) is 15.5. The third kappa shape index (κ3) is 5.86. The van der Waals surface area contributed by atoms with Gasteiger partial charge in [0.2, 0.25) is 5.91 Å². The van der Waals surface area contributed by atoms with Gasteiger partial charge in [-0.25, -0.2) is 17.2 Å². The number of sulfonamides is 1. The largest absolute Gasteiger partial charge is 0.277 e. The van der Waals surface area contributed by atoms with Crippen LogP contribution in [0.2, 0.25) is 0 Å². The number of hydrazine groups is 1. The second-order valence-electron chi connectivity index (χ2n) is 6.42. The number of hydrogen-bond donors (Lipinski definition) is 3. The molecule has 3 N–H and O–H groups in total. The summed E-state index contributed by atoms with van der Waals surface area (Å²) in [4.78, 5) is 23.9. The van der Waals surface area contributed by atoms with Gasteiger partial charge in [-0.15, -0.1) is 0 Å². The zero-order valence-electron chi connectivity index (χ0n) is 15.9. The molecular weight excluding hydrogens is 428 g/mol. The number of halogens is 2. The number of amides is 2. The maximum Gasteiger partial charge on any atom is 0.269 e. The number of carbonyl (C=O) groups excluding carboxylic acids is 2. The summed E-state index contributed by atoms with van der Waals surface area (Å²) in [5.41, 5.74) is 4.88. The van der Waals surface area contributed by atoms with Crippen molar-refractivity contribution in [2.45, 2.75) is 11.3 Å². The molecule has 7 nitrogen and oxygen atoms in total. The van der Waals surface area contributed by atoms with Crippen LogP contribution < -0.4 is 15.6 Å². The Hall–Kier alpha value is -3.79. The summed E-state index contributed by atoms with van der Waals surface area (Å²) in [6.07, 6.45) is -0.0700. The van der Waals surface area contributed by atoms with Crippen molar-refractivity contribution in [1.82, 2.24) is 10.9 Å². The van der Waals surface area contributed by atoms with E-state index in [1.165, 1.54) is 66.7 Å². The fourth-order valence-corrected chi connectivity index (χ4v) is 3.63. The Morgan fingerprint density at radius 3 is 2.10 bits per heavy atom. The van der Waals surface area contributed by atoms with E-state index in [0.29, 0.717) is 5.56 Å². The zero-order chi connectivity index (χ0) is 22.4. The van der Waals surface area contributed by atoms with Crippen molar-refractivity contribution in [2.75, 3.05) is 4.72 Å². The first-order chi connectivity index (χ1) is 14.7. The van der Waals surface area contributed by atoms with Gasteiger partial charge < -0.3 is 0 Å². The molecule has 0 radical (unpaired) electrons. The van der Waals surface area contributed by atoms with Crippen molar-refractivity contribution in [3.63, 3.8) is 0 Å². The van der Waals surface area contributed by atoms with Crippen molar-refractivity contribution in [2.24, 2.45) is 0 Å². The second-order valence-corrected chi connectivity index (χ2v) is 8.10. The van der Waals surface area contributed by atoms with Crippen molar-refractivity contribution < 1.29 is 26.8 Å². The van der Waals surface area contributed by atoms with E-state index >= 15 is 0 Å². The quantitative estimate of drug-likeness (QED) is 0.508. The van der Waals surface area contributed by atoms with Crippen molar-refractivity contribution in [3.8, 4) is 0 Å². The normalized spacial score (nSPS) is 10.9. The molecule has 0 atom stereocenters. The molecule has 0 aliphatic carbocycles. The van der Waals surface area contributed by atoms with Crippen LogP contribution in [0.3, 0.4) is 0 Å². The molecule has 31 heavy (non-hydrogen) atoms. The zero-order valence-corrected chi connectivity index (χ0v) is 16.7. The first kappa shape index (κ1) is 21.9. The molecule has 0 unspecified atom stereocenters. The SMILES string of the molecule is O=C(Cc1ccc(F)cc1)NNC(=O)c1ccc(S(=O)(=O)Nc2ccccc2F)cc1. The summed E-state index contributed by atoms with van der Waals surface area (Å²) >= 11 is 0. The maximum atomic E-state index is 13.7. The fraction of sp³-hybridized carbons (Fsp3) is 0.0476. The highest BCUT2D eigenvalue weighted by molar-refractivity contribution is 7.92. The number of nitrogens with one attached hydrogen (secondary N) is 3. The third-order valence-electron chi connectivity index (χ3n) is 4.14. The summed E-state index contributed by atoms with van der Waals surface area (Å²) in [5.74, 6) is -2.34. The molecule has 3 rings (SSSR count). The minimum Gasteiger partial charge on any atom is -0.277 e. The average Bonchev–Trinajstić information content (AvgIpc) is 2.75. The van der Waals surface area contributed by atoms with Crippen LogP contribution >= 0.6 is 0 Å². The van der Waals surface area contributed by atoms with Crippen molar-refractivity contribution >= 4 is 27.5 Å². The molecule has 3 aromatic rings. The average molecular weight is 445 g/mol. The smallest absolute Gasteiger partial charge is 0.269 e. The number of benzene rings is 3. The van der Waals surface area contributed by atoms with Crippen LogP contribution in [-0.2, 0) is 21.2 Å². The van der Waals surface area contributed by atoms with E-state index in [4.69, 9.17) is 0 Å². The lowest BCUT2D eigenvalue weighted by Crippen LogP contribution is -2.42. The van der Waals surface area contributed by atoms with Gasteiger partial charge in [-0.1, -0.05) is 24.3 Å². The molecule has 0 heterocycles. The van der Waals surface area contributed by atoms with Crippen LogP contribution in [0, 0.1) is 11.6 Å². The monoisotopic (exact) mass is 445 g/mol. The van der Waals surface area contributed by atoms with Gasteiger partial charge in [-0.3, -0.25) is 25.2 Å². The lowest BCUT2D eigenvalue weighted by Gasteiger charge is -2.10. The standard InChI is InChI=1S/C21H17F2N3O4S/c22-16-9-5-14(6-10-16)13-20(27)24-25-21(28)15-7-11-17(12-8-15)31(29,30)26-19-4-2-1-3-18(19)23/h1-12,26H,13H2,(H,24,27)(H,25,28). The van der Waals surface area contributed by atoms with Gasteiger partial charge >= 0.3 is 0 Å². The van der Waals surface area contributed by atoms with E-state index in [0.717, 1.165) is 6.07 Å². The molecule has 0 aliphatic rings. The minimum atomic E-state index is -4.06. The predicted octanol–water partition coefficient (Wildman–Crippen LogP) is 2.77. The number of para-hydroxylation sites is 1. The Labute approximate surface area is 177 Å². The summed E-state index contributed by atoms with van der Waals surface area (Å²) < 4.78 is 53.5. The predicted molar refractivity (Wildman–Crippen MR) is 109 cm³/mol. The second kappa shape index (κ2) is 9.35. The van der Waals surface area contributed by atoms with Crippen LogP contribution in [0.15, 0.2) is 77.7 Å². The Bertz CT molecular complexity index is 1200. The lowest BCUT2D eigenvalue weighted by atomic mass is 10.1. The van der Waals surface area contributed by atoms with Crippen molar-refractivity contribution in [1.29, 1.82) is 0 Å². The van der Waals surface area contributed by atoms with Crippen LogP contribution in [0.25, 0.3) is 0 Å². The first-order valence-electron chi connectivity index (χ1n) is 8.95. The highest BCUT2D eigenvalue weighted by Crippen LogP contribution is 2.19. The van der Waals surface area contributed by atoms with E-state index in [1.807, 2.05) is 0 Å². The van der Waals surface area contributed by atoms with E-state index in [2.05, 4.69) is 15.6 Å². The maximum absolute atomic E-state index is 13.7. The Balaban J connectivity index is 1.58. The lowest BCUT2D eigenvalue weighted by molar-refractivity contribution is -0.121. The third-order valence-corrected chi connectivity index (χ3v) is 5.52. The van der Waals surface area contributed by atoms with E-state index in [1.54, 1.807) is 0 Å². The number of anilines is 1. The molecule has 2 amide bonds. The van der Waals surface area contributed by atoms with E-state index in [-0.39, 0.29) is 22.6 Å². The van der Waals surface area contributed by atoms with Crippen LogP contribution in [0.5, 0.6) is 0 Å². The van der Waals surface area contributed by atoms with Gasteiger partial charge in [0.1, 0.15) is 11.6 Å². The van der Waals surface area contributed by atoms with Crippen molar-refractivity contribution in [3.05, 3.63) is 95.6 Å². The molecule has 0 saturated heterocycles. The number of carbonyl (C=O) groups is 2. The van der Waals surface area contributed by atoms with E-state index < -0.39 is 33.5 Å². The molecule has 0 fully saturated rings. The fourth-order valence-electron chi connectivity index (χ4n) is 2.56. The number of rotatable bonds is 6. The van der Waals surface area contributed by atoms with Gasteiger partial charge in [-0.2, -0.15) is 0 Å². The Morgan fingerprint density at radius 1 is 0.806 bits per heavy atom. The molecule has 3 aromatic carbocycles. The molecular formula is C21H17F2N3O4S. The summed E-state index contributed by atoms with van der Waals surface area (Å²) in [7, 11) is -4.06. The van der Waals surface area contributed by atoms with Crippen LogP contribution in [-0.4, -0.2) is 20.2 Å². The van der Waals surface area contributed by atoms with Gasteiger partial charge in [0.05, 0.1) is 17.0 Å². The molecule has 0 bridgehead atoms. The van der Waals surface area contributed by atoms with Crippen LogP contribution in [0.1, 0.15) is 15.9 Å². The molecule has 0 spiro atoms. The minimum absolute atomic E-state index is 0.0700. The molecule has 10 heteroatoms. The van der Waals surface area contributed by atoms with Gasteiger partial charge in [0.25, 0.3) is 15.9 Å². The Kier molecular flexibility index (Phi) is 6.61. The summed E-state index contributed by atoms with van der Waals surface area (Å²) in [6.45, 7) is 0. The molecule has 0 aromatic heterocycles. The van der Waals surface area contributed by atoms with Gasteiger partial charge in [-0.05, 0) is 54.1 Å². The van der Waals surface area contributed by atoms with Gasteiger partial charge in [0.15, 0.2) is 0 Å². The molecule has 0 aliphatic heterocycles. The molecule has 0 saturated carbocycles. The summed E-state index contributed by atoms with van der Waals surface area (Å²) in [5, 5.41) is 0.